The summed E-state index contributed by atoms with van der Waals surface area (Å²) in [4.78, 5) is 12.5. The lowest BCUT2D eigenvalue weighted by atomic mass is 10.0. The van der Waals surface area contributed by atoms with Gasteiger partial charge in [-0.1, -0.05) is 30.3 Å². The van der Waals surface area contributed by atoms with Crippen molar-refractivity contribution in [3.05, 3.63) is 48.5 Å². The number of aromatic nitrogens is 4. The number of hydrogen-bond acceptors (Lipinski definition) is 6. The van der Waals surface area contributed by atoms with Gasteiger partial charge in [0, 0.05) is 18.5 Å². The average molecular weight is 325 g/mol. The molecule has 0 amide bonds. The van der Waals surface area contributed by atoms with Gasteiger partial charge in [-0.2, -0.15) is 0 Å². The number of nitrogens with zero attached hydrogens (tertiary/aromatic N) is 4. The summed E-state index contributed by atoms with van der Waals surface area (Å²) in [7, 11) is 0. The lowest BCUT2D eigenvalue weighted by Crippen LogP contribution is -2.27. The fourth-order valence-corrected chi connectivity index (χ4v) is 3.15. The summed E-state index contributed by atoms with van der Waals surface area (Å²) in [5, 5.41) is 0. The normalized spacial score (nSPS) is 16.7. The SMILES string of the molecule is Nc1ncnc2c1ncn2CCCC1(c2ccccc2)OCCO1. The van der Waals surface area contributed by atoms with Crippen LogP contribution in [0, 0.1) is 0 Å². The number of fused-ring (bicyclic) bond motifs is 1. The quantitative estimate of drug-likeness (QED) is 0.773. The molecule has 1 saturated heterocycles. The van der Waals surface area contributed by atoms with Crippen molar-refractivity contribution in [2.24, 2.45) is 0 Å². The number of hydrogen-bond donors (Lipinski definition) is 1. The second-order valence-electron chi connectivity index (χ2n) is 5.79. The molecular formula is C17H19N5O2. The van der Waals surface area contributed by atoms with Crippen LogP contribution in [0.3, 0.4) is 0 Å². The Balaban J connectivity index is 1.50. The van der Waals surface area contributed by atoms with Crippen LogP contribution >= 0.6 is 0 Å². The summed E-state index contributed by atoms with van der Waals surface area (Å²) in [6, 6.07) is 10.1. The highest BCUT2D eigenvalue weighted by Gasteiger charge is 2.37. The number of benzene rings is 1. The highest BCUT2D eigenvalue weighted by Crippen LogP contribution is 2.36. The van der Waals surface area contributed by atoms with Crippen LogP contribution in [-0.4, -0.2) is 32.7 Å². The summed E-state index contributed by atoms with van der Waals surface area (Å²) < 4.78 is 13.9. The zero-order valence-corrected chi connectivity index (χ0v) is 13.3. The maximum absolute atomic E-state index is 5.96. The van der Waals surface area contributed by atoms with E-state index < -0.39 is 5.79 Å². The van der Waals surface area contributed by atoms with Crippen LogP contribution in [0.15, 0.2) is 43.0 Å². The van der Waals surface area contributed by atoms with E-state index in [4.69, 9.17) is 15.2 Å². The topological polar surface area (TPSA) is 88.1 Å². The van der Waals surface area contributed by atoms with Crippen molar-refractivity contribution in [2.75, 3.05) is 18.9 Å². The molecule has 0 unspecified atom stereocenters. The van der Waals surface area contributed by atoms with Crippen molar-refractivity contribution in [2.45, 2.75) is 25.2 Å². The Morgan fingerprint density at radius 1 is 1.08 bits per heavy atom. The van der Waals surface area contributed by atoms with Gasteiger partial charge in [0.05, 0.1) is 19.5 Å². The van der Waals surface area contributed by atoms with Gasteiger partial charge < -0.3 is 19.8 Å². The van der Waals surface area contributed by atoms with Gasteiger partial charge in [-0.05, 0) is 6.42 Å². The predicted molar refractivity (Wildman–Crippen MR) is 89.0 cm³/mol. The second-order valence-corrected chi connectivity index (χ2v) is 5.79. The summed E-state index contributed by atoms with van der Waals surface area (Å²) in [5.74, 6) is -0.243. The molecule has 0 radical (unpaired) electrons. The van der Waals surface area contributed by atoms with Crippen LogP contribution in [0.4, 0.5) is 5.82 Å². The lowest BCUT2D eigenvalue weighted by Gasteiger charge is -2.28. The number of nitrogen functional groups attached to an aromatic ring is 1. The number of nitrogens with two attached hydrogens (primary N) is 1. The molecule has 24 heavy (non-hydrogen) atoms. The van der Waals surface area contributed by atoms with Gasteiger partial charge in [-0.3, -0.25) is 0 Å². The van der Waals surface area contributed by atoms with E-state index in [0.29, 0.717) is 24.5 Å². The van der Waals surface area contributed by atoms with Crippen molar-refractivity contribution in [1.29, 1.82) is 0 Å². The fourth-order valence-electron chi connectivity index (χ4n) is 3.15. The molecule has 1 aliphatic heterocycles. The summed E-state index contributed by atoms with van der Waals surface area (Å²) in [6.07, 6.45) is 4.84. The molecule has 0 aliphatic carbocycles. The van der Waals surface area contributed by atoms with Crippen LogP contribution in [0.1, 0.15) is 18.4 Å². The van der Waals surface area contributed by atoms with E-state index in [1.165, 1.54) is 6.33 Å². The van der Waals surface area contributed by atoms with E-state index in [9.17, 15) is 0 Å². The molecule has 124 valence electrons. The van der Waals surface area contributed by atoms with E-state index in [2.05, 4.69) is 15.0 Å². The molecule has 1 aliphatic rings. The molecule has 1 fully saturated rings. The maximum atomic E-state index is 5.96. The lowest BCUT2D eigenvalue weighted by molar-refractivity contribution is -0.172. The third kappa shape index (κ3) is 2.61. The molecule has 4 rings (SSSR count). The van der Waals surface area contributed by atoms with Crippen LogP contribution < -0.4 is 5.73 Å². The summed E-state index contributed by atoms with van der Waals surface area (Å²) in [5.41, 5.74) is 8.28. The van der Waals surface area contributed by atoms with E-state index in [-0.39, 0.29) is 0 Å². The van der Waals surface area contributed by atoms with E-state index >= 15 is 0 Å². The zero-order valence-electron chi connectivity index (χ0n) is 13.3. The monoisotopic (exact) mass is 325 g/mol. The van der Waals surface area contributed by atoms with Gasteiger partial charge in [-0.15, -0.1) is 0 Å². The highest BCUT2D eigenvalue weighted by atomic mass is 16.7. The van der Waals surface area contributed by atoms with Crippen molar-refractivity contribution >= 4 is 17.0 Å². The molecule has 1 aromatic carbocycles. The maximum Gasteiger partial charge on any atom is 0.195 e. The Morgan fingerprint density at radius 3 is 2.67 bits per heavy atom. The molecule has 7 heteroatoms. The van der Waals surface area contributed by atoms with Gasteiger partial charge in [-0.25, -0.2) is 15.0 Å². The number of rotatable bonds is 5. The van der Waals surface area contributed by atoms with E-state index in [1.54, 1.807) is 6.33 Å². The minimum atomic E-state index is -0.647. The van der Waals surface area contributed by atoms with Crippen molar-refractivity contribution in [1.82, 2.24) is 19.5 Å². The third-order valence-electron chi connectivity index (χ3n) is 4.30. The van der Waals surface area contributed by atoms with Gasteiger partial charge in [0.25, 0.3) is 0 Å². The van der Waals surface area contributed by atoms with Crippen LogP contribution in [0.5, 0.6) is 0 Å². The zero-order chi connectivity index (χ0) is 16.4. The van der Waals surface area contributed by atoms with Crippen molar-refractivity contribution in [3.63, 3.8) is 0 Å². The number of imidazole rings is 1. The Morgan fingerprint density at radius 2 is 1.88 bits per heavy atom. The fraction of sp³-hybridized carbons (Fsp3) is 0.353. The summed E-state index contributed by atoms with van der Waals surface area (Å²) >= 11 is 0. The number of ether oxygens (including phenoxy) is 2. The van der Waals surface area contributed by atoms with Gasteiger partial charge in [0.15, 0.2) is 17.3 Å². The Bertz CT molecular complexity index is 827. The van der Waals surface area contributed by atoms with Crippen LogP contribution in [0.25, 0.3) is 11.2 Å². The molecular weight excluding hydrogens is 306 g/mol. The van der Waals surface area contributed by atoms with Gasteiger partial charge >= 0.3 is 0 Å². The first kappa shape index (κ1) is 15.0. The predicted octanol–water partition coefficient (Wildman–Crippen LogP) is 2.09. The molecule has 3 aromatic rings. The van der Waals surface area contributed by atoms with Gasteiger partial charge in [0.1, 0.15) is 11.8 Å². The molecule has 2 N–H and O–H groups in total. The van der Waals surface area contributed by atoms with Crippen molar-refractivity contribution < 1.29 is 9.47 Å². The number of anilines is 1. The molecule has 0 bridgehead atoms. The number of aryl methyl sites for hydroxylation is 1. The van der Waals surface area contributed by atoms with Crippen LogP contribution in [-0.2, 0) is 21.8 Å². The highest BCUT2D eigenvalue weighted by molar-refractivity contribution is 5.80. The van der Waals surface area contributed by atoms with E-state index in [0.717, 1.165) is 30.6 Å². The Kier molecular flexibility index (Phi) is 3.87. The second kappa shape index (κ2) is 6.18. The first-order chi connectivity index (χ1) is 11.8. The molecule has 0 atom stereocenters. The van der Waals surface area contributed by atoms with Crippen molar-refractivity contribution in [3.8, 4) is 0 Å². The standard InChI is InChI=1S/C17H19N5O2/c18-15-14-16(20-11-19-15)22(12-21-14)8-4-7-17(23-9-10-24-17)13-5-2-1-3-6-13/h1-3,5-6,11-12H,4,7-10H2,(H2,18,19,20). The largest absolute Gasteiger partial charge is 0.382 e. The first-order valence-electron chi connectivity index (χ1n) is 8.03. The minimum absolute atomic E-state index is 0.405. The average Bonchev–Trinajstić information content (AvgIpc) is 3.25. The smallest absolute Gasteiger partial charge is 0.195 e. The first-order valence-corrected chi connectivity index (χ1v) is 8.03. The molecule has 0 saturated carbocycles. The molecule has 0 spiro atoms. The molecule has 2 aromatic heterocycles. The minimum Gasteiger partial charge on any atom is -0.382 e. The molecule has 7 nitrogen and oxygen atoms in total. The van der Waals surface area contributed by atoms with Crippen LogP contribution in [0.2, 0.25) is 0 Å². The third-order valence-corrected chi connectivity index (χ3v) is 4.30. The Hall–Kier alpha value is -2.51. The Labute approximate surface area is 139 Å². The molecule has 3 heterocycles. The van der Waals surface area contributed by atoms with E-state index in [1.807, 2.05) is 34.9 Å². The summed E-state index contributed by atoms with van der Waals surface area (Å²) in [6.45, 7) is 1.99. The van der Waals surface area contributed by atoms with Gasteiger partial charge in [0.2, 0.25) is 0 Å².